The summed E-state index contributed by atoms with van der Waals surface area (Å²) in [6.45, 7) is 10.6. The summed E-state index contributed by atoms with van der Waals surface area (Å²) in [6.07, 6.45) is 0.999. The molecule has 0 unspecified atom stereocenters. The summed E-state index contributed by atoms with van der Waals surface area (Å²) in [7, 11) is 0. The van der Waals surface area contributed by atoms with E-state index >= 15 is 0 Å². The SMILES string of the molecule is C=C1C(=O)O[C@@H]2C[C@@]3(C)[C@H](OC(C)=O)CC[C@](O)(COC(=O)C(C)C)[C@@H]3C[C@H]12. The van der Waals surface area contributed by atoms with Gasteiger partial charge in [-0.1, -0.05) is 27.4 Å². The Morgan fingerprint density at radius 2 is 2.07 bits per heavy atom. The number of ether oxygens (including phenoxy) is 3. The average Bonchev–Trinajstić information content (AvgIpc) is 2.87. The average molecular weight is 394 g/mol. The van der Waals surface area contributed by atoms with Crippen molar-refractivity contribution in [2.75, 3.05) is 6.61 Å². The van der Waals surface area contributed by atoms with Crippen LogP contribution in [0.2, 0.25) is 0 Å². The molecule has 7 heteroatoms. The van der Waals surface area contributed by atoms with Gasteiger partial charge in [0.2, 0.25) is 0 Å². The van der Waals surface area contributed by atoms with Gasteiger partial charge in [-0.15, -0.1) is 0 Å². The van der Waals surface area contributed by atoms with Crippen molar-refractivity contribution >= 4 is 17.9 Å². The van der Waals surface area contributed by atoms with E-state index in [-0.39, 0.29) is 42.4 Å². The van der Waals surface area contributed by atoms with Gasteiger partial charge in [0, 0.05) is 29.7 Å². The molecule has 1 saturated heterocycles. The molecule has 0 amide bonds. The molecule has 3 fully saturated rings. The van der Waals surface area contributed by atoms with Crippen molar-refractivity contribution in [3.05, 3.63) is 12.2 Å². The standard InChI is InChI=1S/C21H30O7/c1-11(2)18(23)26-10-21(25)7-6-17(27-13(4)22)20(5)9-15-14(8-16(20)21)12(3)19(24)28-15/h11,14-17,25H,3,6-10H2,1-2,4-5H3/t14-,15-,16-,17-,20-,21+/m1/s1. The topological polar surface area (TPSA) is 99.1 Å². The number of carbonyl (C=O) groups excluding carboxylic acids is 3. The molecule has 2 aliphatic carbocycles. The number of aliphatic hydroxyl groups is 1. The van der Waals surface area contributed by atoms with Crippen molar-refractivity contribution in [3.8, 4) is 0 Å². The van der Waals surface area contributed by atoms with Crippen LogP contribution >= 0.6 is 0 Å². The van der Waals surface area contributed by atoms with Crippen LogP contribution in [0.25, 0.3) is 0 Å². The second-order valence-corrected chi connectivity index (χ2v) is 9.08. The van der Waals surface area contributed by atoms with Crippen LogP contribution in [0.15, 0.2) is 12.2 Å². The Hall–Kier alpha value is -1.89. The van der Waals surface area contributed by atoms with Gasteiger partial charge >= 0.3 is 17.9 Å². The lowest BCUT2D eigenvalue weighted by atomic mass is 9.51. The molecule has 1 N–H and O–H groups in total. The third-order valence-corrected chi connectivity index (χ3v) is 6.81. The molecule has 0 radical (unpaired) electrons. The Morgan fingerprint density at radius 1 is 1.39 bits per heavy atom. The third kappa shape index (κ3) is 3.45. The van der Waals surface area contributed by atoms with Crippen LogP contribution in [-0.4, -0.2) is 47.4 Å². The van der Waals surface area contributed by atoms with Gasteiger partial charge in [-0.3, -0.25) is 9.59 Å². The second kappa shape index (κ2) is 7.17. The number of fused-ring (bicyclic) bond motifs is 2. The Kier molecular flexibility index (Phi) is 5.34. The van der Waals surface area contributed by atoms with Crippen molar-refractivity contribution in [2.24, 2.45) is 23.2 Å². The lowest BCUT2D eigenvalue weighted by Crippen LogP contribution is -2.62. The zero-order valence-electron chi connectivity index (χ0n) is 17.0. The summed E-state index contributed by atoms with van der Waals surface area (Å²) in [5.74, 6) is -1.95. The lowest BCUT2D eigenvalue weighted by Gasteiger charge is -2.57. The highest BCUT2D eigenvalue weighted by Crippen LogP contribution is 2.59. The van der Waals surface area contributed by atoms with Crippen molar-refractivity contribution < 1.29 is 33.7 Å². The van der Waals surface area contributed by atoms with Crippen LogP contribution in [0, 0.1) is 23.2 Å². The Bertz CT molecular complexity index is 699. The fraction of sp³-hybridized carbons (Fsp3) is 0.762. The van der Waals surface area contributed by atoms with Crippen LogP contribution in [0.3, 0.4) is 0 Å². The quantitative estimate of drug-likeness (QED) is 0.443. The van der Waals surface area contributed by atoms with Gasteiger partial charge in [0.05, 0.1) is 5.92 Å². The predicted octanol–water partition coefficient (Wildman–Crippen LogP) is 2.16. The molecule has 3 aliphatic rings. The van der Waals surface area contributed by atoms with E-state index in [4.69, 9.17) is 14.2 Å². The summed E-state index contributed by atoms with van der Waals surface area (Å²) in [4.78, 5) is 35.7. The largest absolute Gasteiger partial charge is 0.462 e. The Morgan fingerprint density at radius 3 is 2.68 bits per heavy atom. The molecule has 0 aromatic carbocycles. The fourth-order valence-corrected chi connectivity index (χ4v) is 5.25. The third-order valence-electron chi connectivity index (χ3n) is 6.81. The molecule has 0 spiro atoms. The van der Waals surface area contributed by atoms with Crippen LogP contribution in [0.5, 0.6) is 0 Å². The maximum atomic E-state index is 12.0. The second-order valence-electron chi connectivity index (χ2n) is 9.08. The number of esters is 3. The number of rotatable bonds is 4. The first kappa shape index (κ1) is 20.8. The van der Waals surface area contributed by atoms with Crippen molar-refractivity contribution in [2.45, 2.75) is 71.2 Å². The van der Waals surface area contributed by atoms with Gasteiger partial charge < -0.3 is 19.3 Å². The van der Waals surface area contributed by atoms with Gasteiger partial charge in [0.1, 0.15) is 24.4 Å². The normalized spacial score (nSPS) is 39.8. The van der Waals surface area contributed by atoms with Gasteiger partial charge in [-0.2, -0.15) is 0 Å². The fourth-order valence-electron chi connectivity index (χ4n) is 5.25. The van der Waals surface area contributed by atoms with E-state index in [2.05, 4.69) is 6.58 Å². The van der Waals surface area contributed by atoms with Gasteiger partial charge in [0.25, 0.3) is 0 Å². The minimum Gasteiger partial charge on any atom is -0.462 e. The smallest absolute Gasteiger partial charge is 0.334 e. The molecule has 0 bridgehead atoms. The molecular formula is C21H30O7. The molecular weight excluding hydrogens is 364 g/mol. The summed E-state index contributed by atoms with van der Waals surface area (Å²) < 4.78 is 16.5. The van der Waals surface area contributed by atoms with E-state index in [0.717, 1.165) is 0 Å². The van der Waals surface area contributed by atoms with E-state index in [1.54, 1.807) is 13.8 Å². The van der Waals surface area contributed by atoms with E-state index in [0.29, 0.717) is 31.3 Å². The number of hydrogen-bond donors (Lipinski definition) is 1. The van der Waals surface area contributed by atoms with Gasteiger partial charge in [-0.05, 0) is 25.7 Å². The molecule has 28 heavy (non-hydrogen) atoms. The molecule has 6 atom stereocenters. The summed E-state index contributed by atoms with van der Waals surface area (Å²) in [6, 6.07) is 0. The molecule has 2 saturated carbocycles. The molecule has 1 heterocycles. The van der Waals surface area contributed by atoms with E-state index in [1.165, 1.54) is 6.92 Å². The molecule has 7 nitrogen and oxygen atoms in total. The maximum absolute atomic E-state index is 12.0. The van der Waals surface area contributed by atoms with Crippen LogP contribution < -0.4 is 0 Å². The first-order valence-corrected chi connectivity index (χ1v) is 9.94. The molecule has 1 aliphatic heterocycles. The van der Waals surface area contributed by atoms with Crippen molar-refractivity contribution in [1.29, 1.82) is 0 Å². The summed E-state index contributed by atoms with van der Waals surface area (Å²) in [5, 5.41) is 11.5. The highest BCUT2D eigenvalue weighted by Gasteiger charge is 2.63. The lowest BCUT2D eigenvalue weighted by molar-refractivity contribution is -0.222. The first-order valence-electron chi connectivity index (χ1n) is 9.94. The van der Waals surface area contributed by atoms with E-state index < -0.39 is 23.1 Å². The molecule has 0 aromatic rings. The Labute approximate surface area is 165 Å². The van der Waals surface area contributed by atoms with Gasteiger partial charge in [-0.25, -0.2) is 4.79 Å². The zero-order valence-corrected chi connectivity index (χ0v) is 17.0. The maximum Gasteiger partial charge on any atom is 0.334 e. The summed E-state index contributed by atoms with van der Waals surface area (Å²) >= 11 is 0. The van der Waals surface area contributed by atoms with E-state index in [9.17, 15) is 19.5 Å². The zero-order chi connectivity index (χ0) is 20.9. The highest BCUT2D eigenvalue weighted by atomic mass is 16.6. The Balaban J connectivity index is 1.90. The van der Waals surface area contributed by atoms with Crippen molar-refractivity contribution in [3.63, 3.8) is 0 Å². The molecule has 156 valence electrons. The predicted molar refractivity (Wildman–Crippen MR) is 98.9 cm³/mol. The van der Waals surface area contributed by atoms with Crippen LogP contribution in [0.1, 0.15) is 53.4 Å². The molecule has 0 aromatic heterocycles. The highest BCUT2D eigenvalue weighted by molar-refractivity contribution is 5.90. The van der Waals surface area contributed by atoms with Crippen molar-refractivity contribution in [1.82, 2.24) is 0 Å². The van der Waals surface area contributed by atoms with Crippen LogP contribution in [0.4, 0.5) is 0 Å². The van der Waals surface area contributed by atoms with Crippen LogP contribution in [-0.2, 0) is 28.6 Å². The summed E-state index contributed by atoms with van der Waals surface area (Å²) in [5.41, 5.74) is -1.44. The molecule has 3 rings (SSSR count). The van der Waals surface area contributed by atoms with Gasteiger partial charge in [0.15, 0.2) is 0 Å². The monoisotopic (exact) mass is 394 g/mol. The minimum absolute atomic E-state index is 0.115. The number of carbonyl (C=O) groups is 3. The first-order chi connectivity index (χ1) is 13.0. The number of hydrogen-bond acceptors (Lipinski definition) is 7. The van der Waals surface area contributed by atoms with E-state index in [1.807, 2.05) is 6.92 Å². The minimum atomic E-state index is -1.26.